The minimum Gasteiger partial charge on any atom is -0.334 e. The van der Waals surface area contributed by atoms with Crippen LogP contribution >= 0.6 is 34.5 Å². The average Bonchev–Trinajstić information content (AvgIpc) is 3.17. The van der Waals surface area contributed by atoms with Crippen LogP contribution in [0.15, 0.2) is 23.6 Å². The standard InChI is InChI=1S/C18H14Cl2N2O3S/c1-9-10-3-5-26-15(10)2-4-21(9)16(23)8-22-17(24)11-6-13(19)14(20)7-12(11)18(22)25/h3,5-7,9H,2,4,8H2,1H3/t9-/m1/s1. The van der Waals surface area contributed by atoms with Crippen molar-refractivity contribution in [1.82, 2.24) is 9.80 Å². The van der Waals surface area contributed by atoms with Gasteiger partial charge in [-0.15, -0.1) is 11.3 Å². The molecule has 1 aromatic carbocycles. The molecule has 0 unspecified atom stereocenters. The fraction of sp³-hybridized carbons (Fsp3) is 0.278. The lowest BCUT2D eigenvalue weighted by molar-refractivity contribution is -0.134. The highest BCUT2D eigenvalue weighted by Crippen LogP contribution is 2.34. The van der Waals surface area contributed by atoms with Gasteiger partial charge in [0.2, 0.25) is 5.91 Å². The number of hydrogen-bond acceptors (Lipinski definition) is 4. The Balaban J connectivity index is 1.56. The van der Waals surface area contributed by atoms with Gasteiger partial charge in [-0.05, 0) is 42.5 Å². The van der Waals surface area contributed by atoms with E-state index in [0.29, 0.717) is 6.54 Å². The van der Waals surface area contributed by atoms with Crippen LogP contribution in [-0.2, 0) is 11.2 Å². The molecule has 0 N–H and O–H groups in total. The van der Waals surface area contributed by atoms with E-state index in [-0.39, 0.29) is 39.7 Å². The van der Waals surface area contributed by atoms with Crippen LogP contribution in [-0.4, -0.2) is 40.6 Å². The number of nitrogens with zero attached hydrogens (tertiary/aromatic N) is 2. The Kier molecular flexibility index (Phi) is 4.29. The van der Waals surface area contributed by atoms with E-state index in [1.807, 2.05) is 18.4 Å². The largest absolute Gasteiger partial charge is 0.334 e. The predicted octanol–water partition coefficient (Wildman–Crippen LogP) is 3.80. The number of benzene rings is 1. The molecule has 4 rings (SSSR count). The third-order valence-electron chi connectivity index (χ3n) is 4.90. The van der Waals surface area contributed by atoms with Crippen molar-refractivity contribution >= 4 is 52.3 Å². The van der Waals surface area contributed by atoms with Gasteiger partial charge in [0.25, 0.3) is 11.8 Å². The van der Waals surface area contributed by atoms with Gasteiger partial charge in [-0.2, -0.15) is 0 Å². The van der Waals surface area contributed by atoms with Crippen molar-refractivity contribution in [3.8, 4) is 0 Å². The molecule has 5 nitrogen and oxygen atoms in total. The summed E-state index contributed by atoms with van der Waals surface area (Å²) in [6.07, 6.45) is 0.788. The number of halogens is 2. The smallest absolute Gasteiger partial charge is 0.262 e. The number of rotatable bonds is 2. The monoisotopic (exact) mass is 408 g/mol. The first-order valence-corrected chi connectivity index (χ1v) is 9.73. The van der Waals surface area contributed by atoms with Gasteiger partial charge < -0.3 is 4.90 Å². The molecule has 0 bridgehead atoms. The zero-order valence-electron chi connectivity index (χ0n) is 13.8. The van der Waals surface area contributed by atoms with Gasteiger partial charge in [0.1, 0.15) is 6.54 Å². The summed E-state index contributed by atoms with van der Waals surface area (Å²) in [5.41, 5.74) is 1.50. The van der Waals surface area contributed by atoms with Crippen LogP contribution in [0.3, 0.4) is 0 Å². The quantitative estimate of drug-likeness (QED) is 0.710. The van der Waals surface area contributed by atoms with Crippen LogP contribution in [0, 0.1) is 0 Å². The molecule has 0 spiro atoms. The molecule has 0 fully saturated rings. The number of fused-ring (bicyclic) bond motifs is 2. The molecule has 3 heterocycles. The summed E-state index contributed by atoms with van der Waals surface area (Å²) < 4.78 is 0. The molecule has 0 aliphatic carbocycles. The maximum absolute atomic E-state index is 12.8. The third-order valence-corrected chi connectivity index (χ3v) is 6.62. The number of imide groups is 1. The number of carbonyl (C=O) groups is 3. The van der Waals surface area contributed by atoms with Gasteiger partial charge in [-0.3, -0.25) is 19.3 Å². The highest BCUT2D eigenvalue weighted by molar-refractivity contribution is 7.10. The summed E-state index contributed by atoms with van der Waals surface area (Å²) in [6.45, 7) is 2.25. The highest BCUT2D eigenvalue weighted by atomic mass is 35.5. The lowest BCUT2D eigenvalue weighted by Gasteiger charge is -2.34. The molecule has 2 aliphatic rings. The molecule has 2 aliphatic heterocycles. The minimum atomic E-state index is -0.516. The van der Waals surface area contributed by atoms with Crippen molar-refractivity contribution < 1.29 is 14.4 Å². The SMILES string of the molecule is C[C@@H]1c2ccsc2CCN1C(=O)CN1C(=O)c2cc(Cl)c(Cl)cc2C1=O. The first-order chi connectivity index (χ1) is 12.4. The van der Waals surface area contributed by atoms with E-state index in [0.717, 1.165) is 16.9 Å². The molecule has 26 heavy (non-hydrogen) atoms. The zero-order valence-corrected chi connectivity index (χ0v) is 16.1. The van der Waals surface area contributed by atoms with Gasteiger partial charge in [0, 0.05) is 11.4 Å². The van der Waals surface area contributed by atoms with Crippen LogP contribution in [0.5, 0.6) is 0 Å². The molecule has 2 aromatic rings. The molecule has 8 heteroatoms. The van der Waals surface area contributed by atoms with Gasteiger partial charge in [-0.1, -0.05) is 23.2 Å². The van der Waals surface area contributed by atoms with Gasteiger partial charge in [0.15, 0.2) is 0 Å². The first-order valence-electron chi connectivity index (χ1n) is 8.09. The summed E-state index contributed by atoms with van der Waals surface area (Å²) in [5.74, 6) is -1.28. The summed E-state index contributed by atoms with van der Waals surface area (Å²) in [5, 5.41) is 2.43. The molecule has 0 radical (unpaired) electrons. The zero-order chi connectivity index (χ0) is 18.6. The van der Waals surface area contributed by atoms with Crippen LogP contribution in [0.25, 0.3) is 0 Å². The summed E-state index contributed by atoms with van der Waals surface area (Å²) in [7, 11) is 0. The lowest BCUT2D eigenvalue weighted by Crippen LogP contribution is -2.45. The topological polar surface area (TPSA) is 57.7 Å². The molecular formula is C18H14Cl2N2O3S. The van der Waals surface area contributed by atoms with Gasteiger partial charge in [-0.25, -0.2) is 0 Å². The molecule has 3 amide bonds. The second-order valence-electron chi connectivity index (χ2n) is 6.32. The van der Waals surface area contributed by atoms with Crippen molar-refractivity contribution in [3.63, 3.8) is 0 Å². The van der Waals surface area contributed by atoms with Gasteiger partial charge >= 0.3 is 0 Å². The van der Waals surface area contributed by atoms with E-state index in [9.17, 15) is 14.4 Å². The number of hydrogen-bond donors (Lipinski definition) is 0. The molecule has 0 saturated heterocycles. The number of amides is 3. The lowest BCUT2D eigenvalue weighted by atomic mass is 10.0. The van der Waals surface area contributed by atoms with E-state index >= 15 is 0 Å². The Hall–Kier alpha value is -1.89. The van der Waals surface area contributed by atoms with Crippen LogP contribution in [0.4, 0.5) is 0 Å². The molecule has 1 atom stereocenters. The number of carbonyl (C=O) groups excluding carboxylic acids is 3. The van der Waals surface area contributed by atoms with Crippen molar-refractivity contribution in [1.29, 1.82) is 0 Å². The van der Waals surface area contributed by atoms with Crippen molar-refractivity contribution in [2.75, 3.05) is 13.1 Å². The molecule has 134 valence electrons. The minimum absolute atomic E-state index is 0.0726. The Morgan fingerprint density at radius 3 is 2.42 bits per heavy atom. The predicted molar refractivity (Wildman–Crippen MR) is 100.0 cm³/mol. The van der Waals surface area contributed by atoms with E-state index in [1.54, 1.807) is 16.2 Å². The summed E-state index contributed by atoms with van der Waals surface area (Å²) in [4.78, 5) is 41.9. The Labute approximate surface area is 164 Å². The van der Waals surface area contributed by atoms with Crippen LogP contribution in [0.2, 0.25) is 10.0 Å². The fourth-order valence-electron chi connectivity index (χ4n) is 3.50. The Morgan fingerprint density at radius 2 is 1.81 bits per heavy atom. The van der Waals surface area contributed by atoms with Crippen LogP contribution < -0.4 is 0 Å². The van der Waals surface area contributed by atoms with E-state index in [2.05, 4.69) is 0 Å². The maximum Gasteiger partial charge on any atom is 0.262 e. The molecule has 1 aromatic heterocycles. The number of thiophene rings is 1. The Morgan fingerprint density at radius 1 is 1.19 bits per heavy atom. The Bertz CT molecular complexity index is 915. The second kappa shape index (κ2) is 6.37. The van der Waals surface area contributed by atoms with Crippen molar-refractivity contribution in [2.24, 2.45) is 0 Å². The van der Waals surface area contributed by atoms with Crippen LogP contribution in [0.1, 0.15) is 44.1 Å². The van der Waals surface area contributed by atoms with Gasteiger partial charge in [0.05, 0.1) is 27.2 Å². The molecule has 0 saturated carbocycles. The van der Waals surface area contributed by atoms with E-state index in [4.69, 9.17) is 23.2 Å². The third kappa shape index (κ3) is 2.64. The van der Waals surface area contributed by atoms with E-state index in [1.165, 1.54) is 17.0 Å². The summed E-state index contributed by atoms with van der Waals surface area (Å²) in [6, 6.07) is 4.71. The average molecular weight is 409 g/mol. The van der Waals surface area contributed by atoms with Crippen molar-refractivity contribution in [2.45, 2.75) is 19.4 Å². The fourth-order valence-corrected chi connectivity index (χ4v) is 4.79. The molecular weight excluding hydrogens is 395 g/mol. The normalized spacial score (nSPS) is 19.0. The highest BCUT2D eigenvalue weighted by Gasteiger charge is 2.39. The van der Waals surface area contributed by atoms with E-state index < -0.39 is 11.8 Å². The maximum atomic E-state index is 12.8. The summed E-state index contributed by atoms with van der Waals surface area (Å²) >= 11 is 13.6. The first kappa shape index (κ1) is 17.5. The second-order valence-corrected chi connectivity index (χ2v) is 8.14. The van der Waals surface area contributed by atoms with Crippen molar-refractivity contribution in [3.05, 3.63) is 55.2 Å².